The molecule has 0 atom stereocenters. The molecule has 26 heavy (non-hydrogen) atoms. The van der Waals surface area contributed by atoms with Gasteiger partial charge in [-0.2, -0.15) is 4.39 Å². The molecule has 0 unspecified atom stereocenters. The molecule has 6 nitrogen and oxygen atoms in total. The molecule has 7 heteroatoms. The fourth-order valence-electron chi connectivity index (χ4n) is 2.82. The Hall–Kier alpha value is -2.83. The van der Waals surface area contributed by atoms with Crippen molar-refractivity contribution in [1.82, 2.24) is 9.97 Å². The second-order valence-corrected chi connectivity index (χ2v) is 7.14. The number of nitrogens with zero attached hydrogens (tertiary/aromatic N) is 3. The smallest absolute Gasteiger partial charge is 0.420 e. The number of ether oxygens (including phenoxy) is 1. The Morgan fingerprint density at radius 2 is 2.08 bits per heavy atom. The highest BCUT2D eigenvalue weighted by atomic mass is 19.1. The van der Waals surface area contributed by atoms with E-state index in [9.17, 15) is 14.0 Å². The quantitative estimate of drug-likeness (QED) is 0.613. The summed E-state index contributed by atoms with van der Waals surface area (Å²) in [5.41, 5.74) is 1.60. The van der Waals surface area contributed by atoms with Gasteiger partial charge in [-0.25, -0.2) is 14.7 Å². The van der Waals surface area contributed by atoms with Gasteiger partial charge in [-0.15, -0.1) is 0 Å². The van der Waals surface area contributed by atoms with E-state index in [0.717, 1.165) is 30.5 Å². The highest BCUT2D eigenvalue weighted by molar-refractivity contribution is 5.95. The monoisotopic (exact) mass is 357 g/mol. The van der Waals surface area contributed by atoms with E-state index in [-0.39, 0.29) is 11.4 Å². The first-order valence-electron chi connectivity index (χ1n) is 8.41. The summed E-state index contributed by atoms with van der Waals surface area (Å²) in [5, 5.41) is 0. The summed E-state index contributed by atoms with van der Waals surface area (Å²) in [6, 6.07) is 4.54. The van der Waals surface area contributed by atoms with Gasteiger partial charge in [0, 0.05) is 5.69 Å². The number of pyridine rings is 2. The van der Waals surface area contributed by atoms with Crippen LogP contribution in [0.5, 0.6) is 0 Å². The van der Waals surface area contributed by atoms with Crippen LogP contribution in [0, 0.1) is 5.95 Å². The van der Waals surface area contributed by atoms with Crippen molar-refractivity contribution in [2.75, 3.05) is 4.90 Å². The van der Waals surface area contributed by atoms with E-state index in [1.54, 1.807) is 27.0 Å². The van der Waals surface area contributed by atoms with Gasteiger partial charge in [-0.1, -0.05) is 0 Å². The van der Waals surface area contributed by atoms with Crippen LogP contribution < -0.4 is 4.90 Å². The first-order valence-corrected chi connectivity index (χ1v) is 8.41. The number of aldehydes is 1. The van der Waals surface area contributed by atoms with Gasteiger partial charge in [-0.05, 0) is 63.8 Å². The van der Waals surface area contributed by atoms with Gasteiger partial charge >= 0.3 is 6.09 Å². The lowest BCUT2D eigenvalue weighted by atomic mass is 10.2. The molecule has 2 aromatic rings. The third-order valence-electron chi connectivity index (χ3n) is 3.96. The summed E-state index contributed by atoms with van der Waals surface area (Å²) in [6.45, 7) is 5.23. The van der Waals surface area contributed by atoms with Crippen LogP contribution >= 0.6 is 0 Å². The first-order chi connectivity index (χ1) is 12.3. The third-order valence-corrected chi connectivity index (χ3v) is 3.96. The lowest BCUT2D eigenvalue weighted by molar-refractivity contribution is 0.0598. The lowest BCUT2D eigenvalue weighted by Gasteiger charge is -2.27. The highest BCUT2D eigenvalue weighted by Gasteiger charge is 2.28. The maximum absolute atomic E-state index is 14.0. The van der Waals surface area contributed by atoms with Crippen LogP contribution in [0.2, 0.25) is 0 Å². The van der Waals surface area contributed by atoms with Gasteiger partial charge in [0.05, 0.1) is 17.4 Å². The molecule has 1 aliphatic rings. The molecule has 0 aliphatic heterocycles. The predicted molar refractivity (Wildman–Crippen MR) is 94.2 cm³/mol. The van der Waals surface area contributed by atoms with E-state index >= 15 is 0 Å². The van der Waals surface area contributed by atoms with Gasteiger partial charge < -0.3 is 4.74 Å². The molecule has 0 bridgehead atoms. The van der Waals surface area contributed by atoms with Crippen LogP contribution in [0.4, 0.5) is 20.7 Å². The number of carbonyl (C=O) groups excluding carboxylic acids is 2. The number of carbonyl (C=O) groups is 2. The third kappa shape index (κ3) is 3.71. The van der Waals surface area contributed by atoms with E-state index in [1.807, 2.05) is 6.07 Å². The van der Waals surface area contributed by atoms with Gasteiger partial charge in [0.2, 0.25) is 5.95 Å². The van der Waals surface area contributed by atoms with Crippen molar-refractivity contribution in [2.24, 2.45) is 0 Å². The predicted octanol–water partition coefficient (Wildman–Crippen LogP) is 3.99. The summed E-state index contributed by atoms with van der Waals surface area (Å²) < 4.78 is 19.5. The minimum atomic E-state index is -0.944. The second-order valence-electron chi connectivity index (χ2n) is 7.14. The minimum absolute atomic E-state index is 0.0297. The summed E-state index contributed by atoms with van der Waals surface area (Å²) >= 11 is 0. The average molecular weight is 357 g/mol. The number of anilines is 2. The molecular weight excluding hydrogens is 337 g/mol. The number of amides is 1. The number of hydrogen-bond acceptors (Lipinski definition) is 5. The van der Waals surface area contributed by atoms with E-state index in [4.69, 9.17) is 4.74 Å². The van der Waals surface area contributed by atoms with Crippen LogP contribution in [0.15, 0.2) is 24.4 Å². The van der Waals surface area contributed by atoms with Crippen LogP contribution in [0.3, 0.4) is 0 Å². The summed E-state index contributed by atoms with van der Waals surface area (Å²) in [5.74, 6) is -0.915. The highest BCUT2D eigenvalue weighted by Crippen LogP contribution is 2.30. The molecule has 3 rings (SSSR count). The Balaban J connectivity index is 2.06. The Morgan fingerprint density at radius 1 is 1.31 bits per heavy atom. The van der Waals surface area contributed by atoms with Crippen molar-refractivity contribution in [1.29, 1.82) is 0 Å². The zero-order valence-electron chi connectivity index (χ0n) is 15.0. The van der Waals surface area contributed by atoms with Crippen molar-refractivity contribution in [3.05, 3.63) is 47.2 Å². The Morgan fingerprint density at radius 3 is 2.73 bits per heavy atom. The van der Waals surface area contributed by atoms with Gasteiger partial charge in [0.25, 0.3) is 0 Å². The molecule has 0 N–H and O–H groups in total. The Bertz CT molecular complexity index is 862. The summed E-state index contributed by atoms with van der Waals surface area (Å²) in [7, 11) is 0. The molecule has 0 fully saturated rings. The molecule has 1 aliphatic carbocycles. The van der Waals surface area contributed by atoms with Gasteiger partial charge in [0.15, 0.2) is 6.29 Å². The number of fused-ring (bicyclic) bond motifs is 1. The average Bonchev–Trinajstić information content (AvgIpc) is 3.01. The molecule has 0 spiro atoms. The molecule has 2 heterocycles. The Labute approximate surface area is 151 Å². The van der Waals surface area contributed by atoms with E-state index < -0.39 is 17.6 Å². The standard InChI is InChI=1S/C19H20FN3O3/c1-19(2,3)26-18(25)23(16-8-7-13(11-24)17(20)22-16)14-9-12-5-4-6-15(12)21-10-14/h7-11H,4-6H2,1-3H3. The fraction of sp³-hybridized carbons (Fsp3) is 0.368. The zero-order valence-corrected chi connectivity index (χ0v) is 15.0. The largest absolute Gasteiger partial charge is 0.443 e. The first kappa shape index (κ1) is 18.0. The number of hydrogen-bond donors (Lipinski definition) is 0. The van der Waals surface area contributed by atoms with Crippen LogP contribution in [-0.2, 0) is 17.6 Å². The number of aromatic nitrogens is 2. The molecular formula is C19H20FN3O3. The maximum Gasteiger partial charge on any atom is 0.420 e. The van der Waals surface area contributed by atoms with E-state index in [1.165, 1.54) is 17.0 Å². The van der Waals surface area contributed by atoms with Crippen molar-refractivity contribution in [3.8, 4) is 0 Å². The molecule has 0 saturated heterocycles. The van der Waals surface area contributed by atoms with Crippen molar-refractivity contribution >= 4 is 23.9 Å². The minimum Gasteiger partial charge on any atom is -0.443 e. The van der Waals surface area contributed by atoms with Crippen LogP contribution in [-0.4, -0.2) is 27.9 Å². The number of rotatable bonds is 3. The molecule has 0 radical (unpaired) electrons. The van der Waals surface area contributed by atoms with Crippen LogP contribution in [0.25, 0.3) is 0 Å². The molecule has 2 aromatic heterocycles. The van der Waals surface area contributed by atoms with Crippen molar-refractivity contribution in [3.63, 3.8) is 0 Å². The van der Waals surface area contributed by atoms with E-state index in [0.29, 0.717) is 12.0 Å². The second kappa shape index (κ2) is 6.82. The molecule has 136 valence electrons. The lowest BCUT2D eigenvalue weighted by Crippen LogP contribution is -2.34. The van der Waals surface area contributed by atoms with Crippen LogP contribution in [0.1, 0.15) is 48.8 Å². The fourth-order valence-corrected chi connectivity index (χ4v) is 2.82. The summed E-state index contributed by atoms with van der Waals surface area (Å²) in [6.07, 6.45) is 4.04. The zero-order chi connectivity index (χ0) is 18.9. The summed E-state index contributed by atoms with van der Waals surface area (Å²) in [4.78, 5) is 33.0. The Kier molecular flexibility index (Phi) is 4.71. The van der Waals surface area contributed by atoms with Gasteiger partial charge in [-0.3, -0.25) is 9.78 Å². The number of aryl methyl sites for hydroxylation is 2. The normalized spacial score (nSPS) is 13.2. The molecule has 0 saturated carbocycles. The topological polar surface area (TPSA) is 72.4 Å². The van der Waals surface area contributed by atoms with Crippen molar-refractivity contribution < 1.29 is 18.7 Å². The SMILES string of the molecule is CC(C)(C)OC(=O)N(c1cnc2c(c1)CCC2)c1ccc(C=O)c(F)n1. The molecule has 1 amide bonds. The van der Waals surface area contributed by atoms with Gasteiger partial charge in [0.1, 0.15) is 11.4 Å². The number of halogens is 1. The van der Waals surface area contributed by atoms with Crippen molar-refractivity contribution in [2.45, 2.75) is 45.6 Å². The maximum atomic E-state index is 14.0. The van der Waals surface area contributed by atoms with E-state index in [2.05, 4.69) is 9.97 Å². The molecule has 0 aromatic carbocycles.